The fraction of sp³-hybridized carbons (Fsp3) is 0.667. The van der Waals surface area contributed by atoms with Crippen molar-refractivity contribution >= 4 is 53.1 Å². The molecule has 0 bridgehead atoms. The van der Waals surface area contributed by atoms with E-state index in [2.05, 4.69) is 15.6 Å². The normalized spacial score (nSPS) is 11.3. The molecule has 0 saturated heterocycles. The number of guanidine groups is 1. The van der Waals surface area contributed by atoms with Gasteiger partial charge in [-0.05, 0) is 32.3 Å². The number of aromatic nitrogens is 1. The average molecular weight is 477 g/mol. The van der Waals surface area contributed by atoms with Crippen LogP contribution in [0.3, 0.4) is 0 Å². The van der Waals surface area contributed by atoms with Crippen molar-refractivity contribution in [2.24, 2.45) is 12.0 Å². The van der Waals surface area contributed by atoms with Crippen molar-refractivity contribution in [3.05, 3.63) is 21.9 Å². The van der Waals surface area contributed by atoms with Crippen LogP contribution in [-0.4, -0.2) is 37.3 Å². The standard InChI is InChI=1S/C15H26Cl2N4O.HI/c1-4-18-15(19-8-6-5-7-9-22-3)20-11-12-10-13(16)14(17)21(12)2;/h10H,4-9,11H2,1-3H3,(H2,18,19,20);1H. The molecule has 0 saturated carbocycles. The van der Waals surface area contributed by atoms with Crippen molar-refractivity contribution < 1.29 is 4.74 Å². The zero-order valence-electron chi connectivity index (χ0n) is 14.0. The zero-order chi connectivity index (χ0) is 16.4. The molecule has 0 amide bonds. The molecule has 0 aliphatic rings. The molecule has 1 heterocycles. The summed E-state index contributed by atoms with van der Waals surface area (Å²) in [5.74, 6) is 0.808. The van der Waals surface area contributed by atoms with Crippen LogP contribution in [0.2, 0.25) is 10.2 Å². The van der Waals surface area contributed by atoms with Crippen LogP contribution in [0.4, 0.5) is 0 Å². The van der Waals surface area contributed by atoms with Crippen LogP contribution in [0.15, 0.2) is 11.1 Å². The minimum absolute atomic E-state index is 0. The van der Waals surface area contributed by atoms with Gasteiger partial charge in [0, 0.05) is 39.5 Å². The first-order chi connectivity index (χ1) is 10.6. The molecule has 0 aliphatic heterocycles. The Morgan fingerprint density at radius 1 is 1.26 bits per heavy atom. The van der Waals surface area contributed by atoms with Gasteiger partial charge in [0.15, 0.2) is 5.96 Å². The molecule has 134 valence electrons. The molecule has 23 heavy (non-hydrogen) atoms. The van der Waals surface area contributed by atoms with E-state index in [1.165, 1.54) is 0 Å². The molecule has 2 N–H and O–H groups in total. The second-order valence-electron chi connectivity index (χ2n) is 5.01. The minimum Gasteiger partial charge on any atom is -0.385 e. The van der Waals surface area contributed by atoms with Crippen LogP contribution in [0.1, 0.15) is 31.9 Å². The van der Waals surface area contributed by atoms with Crippen molar-refractivity contribution in [1.82, 2.24) is 15.2 Å². The number of nitrogens with zero attached hydrogens (tertiary/aromatic N) is 2. The zero-order valence-corrected chi connectivity index (χ0v) is 17.8. The van der Waals surface area contributed by atoms with Crippen LogP contribution in [0.5, 0.6) is 0 Å². The van der Waals surface area contributed by atoms with Crippen molar-refractivity contribution in [2.75, 3.05) is 26.8 Å². The lowest BCUT2D eigenvalue weighted by atomic mass is 10.2. The third-order valence-corrected chi connectivity index (χ3v) is 4.12. The molecule has 1 aromatic heterocycles. The van der Waals surface area contributed by atoms with E-state index >= 15 is 0 Å². The van der Waals surface area contributed by atoms with Crippen LogP contribution >= 0.6 is 47.2 Å². The Hall–Kier alpha value is -0.180. The summed E-state index contributed by atoms with van der Waals surface area (Å²) in [5, 5.41) is 7.67. The van der Waals surface area contributed by atoms with Gasteiger partial charge in [-0.3, -0.25) is 0 Å². The summed E-state index contributed by atoms with van der Waals surface area (Å²) in [6.45, 7) is 5.12. The van der Waals surface area contributed by atoms with Gasteiger partial charge in [0.1, 0.15) is 5.15 Å². The maximum atomic E-state index is 6.06. The molecule has 0 radical (unpaired) electrons. The number of aliphatic imine (C=N–C) groups is 1. The smallest absolute Gasteiger partial charge is 0.191 e. The van der Waals surface area contributed by atoms with Gasteiger partial charge in [-0.2, -0.15) is 0 Å². The molecule has 8 heteroatoms. The highest BCUT2D eigenvalue weighted by Crippen LogP contribution is 2.25. The number of nitrogens with one attached hydrogen (secondary N) is 2. The van der Waals surface area contributed by atoms with E-state index in [4.69, 9.17) is 27.9 Å². The molecule has 1 aromatic rings. The van der Waals surface area contributed by atoms with E-state index in [0.717, 1.165) is 50.6 Å². The summed E-state index contributed by atoms with van der Waals surface area (Å²) in [4.78, 5) is 4.56. The molecule has 0 atom stereocenters. The first-order valence-electron chi connectivity index (χ1n) is 7.60. The van der Waals surface area contributed by atoms with Gasteiger partial charge in [0.2, 0.25) is 0 Å². The average Bonchev–Trinajstić information content (AvgIpc) is 2.75. The summed E-state index contributed by atoms with van der Waals surface area (Å²) in [7, 11) is 3.62. The van der Waals surface area contributed by atoms with Crippen molar-refractivity contribution in [3.8, 4) is 0 Å². The molecule has 5 nitrogen and oxygen atoms in total. The largest absolute Gasteiger partial charge is 0.385 e. The number of ether oxygens (including phenoxy) is 1. The van der Waals surface area contributed by atoms with E-state index in [9.17, 15) is 0 Å². The lowest BCUT2D eigenvalue weighted by Gasteiger charge is -2.11. The molecule has 0 fully saturated rings. The summed E-state index contributed by atoms with van der Waals surface area (Å²) >= 11 is 12.1. The highest BCUT2D eigenvalue weighted by atomic mass is 127. The molecule has 0 aliphatic carbocycles. The molecule has 0 spiro atoms. The Balaban J connectivity index is 0.00000484. The Labute approximate surface area is 166 Å². The van der Waals surface area contributed by atoms with E-state index in [0.29, 0.717) is 16.7 Å². The predicted octanol–water partition coefficient (Wildman–Crippen LogP) is 3.82. The lowest BCUT2D eigenvalue weighted by molar-refractivity contribution is 0.192. The van der Waals surface area contributed by atoms with Gasteiger partial charge < -0.3 is 19.9 Å². The highest BCUT2D eigenvalue weighted by Gasteiger charge is 2.08. The number of hydrogen-bond acceptors (Lipinski definition) is 2. The van der Waals surface area contributed by atoms with Crippen LogP contribution in [0, 0.1) is 0 Å². The number of hydrogen-bond donors (Lipinski definition) is 2. The van der Waals surface area contributed by atoms with E-state index < -0.39 is 0 Å². The van der Waals surface area contributed by atoms with Crippen LogP contribution in [0.25, 0.3) is 0 Å². The van der Waals surface area contributed by atoms with Gasteiger partial charge >= 0.3 is 0 Å². The van der Waals surface area contributed by atoms with E-state index in [1.807, 2.05) is 24.6 Å². The maximum absolute atomic E-state index is 6.06. The van der Waals surface area contributed by atoms with Gasteiger partial charge in [-0.25, -0.2) is 4.99 Å². The van der Waals surface area contributed by atoms with E-state index in [1.54, 1.807) is 7.11 Å². The highest BCUT2D eigenvalue weighted by molar-refractivity contribution is 14.0. The first-order valence-corrected chi connectivity index (χ1v) is 8.36. The van der Waals surface area contributed by atoms with Gasteiger partial charge in [0.25, 0.3) is 0 Å². The van der Waals surface area contributed by atoms with Crippen molar-refractivity contribution in [1.29, 1.82) is 0 Å². The summed E-state index contributed by atoms with van der Waals surface area (Å²) < 4.78 is 6.89. The summed E-state index contributed by atoms with van der Waals surface area (Å²) in [6.07, 6.45) is 3.32. The predicted molar refractivity (Wildman–Crippen MR) is 109 cm³/mol. The van der Waals surface area contributed by atoms with Gasteiger partial charge in [-0.1, -0.05) is 23.2 Å². The monoisotopic (exact) mass is 476 g/mol. The Morgan fingerprint density at radius 2 is 2.00 bits per heavy atom. The third-order valence-electron chi connectivity index (χ3n) is 3.28. The fourth-order valence-electron chi connectivity index (χ4n) is 2.00. The lowest BCUT2D eigenvalue weighted by Crippen LogP contribution is -2.37. The number of unbranched alkanes of at least 4 members (excludes halogenated alkanes) is 2. The van der Waals surface area contributed by atoms with Crippen molar-refractivity contribution in [2.45, 2.75) is 32.7 Å². The SMILES string of the molecule is CCNC(=NCc1cc(Cl)c(Cl)n1C)NCCCCCOC.I. The molecule has 0 aromatic carbocycles. The number of rotatable bonds is 9. The van der Waals surface area contributed by atoms with E-state index in [-0.39, 0.29) is 24.0 Å². The van der Waals surface area contributed by atoms with Gasteiger partial charge in [-0.15, -0.1) is 24.0 Å². The Morgan fingerprint density at radius 3 is 2.57 bits per heavy atom. The first kappa shape index (κ1) is 22.8. The Bertz CT molecular complexity index is 480. The molecule has 0 unspecified atom stereocenters. The molecular weight excluding hydrogens is 450 g/mol. The number of methoxy groups -OCH3 is 1. The summed E-state index contributed by atoms with van der Waals surface area (Å²) in [6, 6.07) is 1.85. The molecular formula is C15H27Cl2IN4O. The molecule has 1 rings (SSSR count). The minimum atomic E-state index is 0. The van der Waals surface area contributed by atoms with Gasteiger partial charge in [0.05, 0.1) is 11.6 Å². The number of halogens is 3. The topological polar surface area (TPSA) is 50.6 Å². The fourth-order valence-corrected chi connectivity index (χ4v) is 2.41. The third kappa shape index (κ3) is 8.47. The maximum Gasteiger partial charge on any atom is 0.191 e. The van der Waals surface area contributed by atoms with Crippen molar-refractivity contribution in [3.63, 3.8) is 0 Å². The second-order valence-corrected chi connectivity index (χ2v) is 5.77. The van der Waals surface area contributed by atoms with Crippen LogP contribution < -0.4 is 10.6 Å². The quantitative estimate of drug-likeness (QED) is 0.246. The second kappa shape index (κ2) is 13.1. The van der Waals surface area contributed by atoms with Crippen LogP contribution in [-0.2, 0) is 18.3 Å². The Kier molecular flexibility index (Phi) is 13.0. The summed E-state index contributed by atoms with van der Waals surface area (Å²) in [5.41, 5.74) is 0.979.